The molecular formula is C21H29N5O2. The quantitative estimate of drug-likeness (QED) is 0.807. The molecule has 28 heavy (non-hydrogen) atoms. The normalized spacial score (nSPS) is 21.3. The Balaban J connectivity index is 1.35. The second-order valence-corrected chi connectivity index (χ2v) is 7.98. The highest BCUT2D eigenvalue weighted by Gasteiger charge is 2.32. The lowest BCUT2D eigenvalue weighted by Gasteiger charge is -2.38. The van der Waals surface area contributed by atoms with Crippen molar-refractivity contribution < 1.29 is 9.59 Å². The van der Waals surface area contributed by atoms with Crippen LogP contribution in [0, 0.1) is 12.8 Å². The minimum absolute atomic E-state index is 0.0368. The largest absolute Gasteiger partial charge is 0.342 e. The molecule has 2 saturated heterocycles. The number of hydrogen-bond donors (Lipinski definition) is 0. The lowest BCUT2D eigenvalue weighted by molar-refractivity contribution is -0.141. The van der Waals surface area contributed by atoms with E-state index in [1.54, 1.807) is 6.92 Å². The number of fused-ring (bicyclic) bond motifs is 1. The van der Waals surface area contributed by atoms with Gasteiger partial charge in [-0.2, -0.15) is 0 Å². The molecule has 2 aliphatic rings. The molecule has 1 atom stereocenters. The van der Waals surface area contributed by atoms with Crippen molar-refractivity contribution in [3.8, 4) is 0 Å². The minimum atomic E-state index is -0.0368. The molecular weight excluding hydrogens is 354 g/mol. The molecule has 0 bridgehead atoms. The number of aromatic nitrogens is 2. The first-order valence-corrected chi connectivity index (χ1v) is 10.2. The zero-order valence-corrected chi connectivity index (χ0v) is 16.8. The van der Waals surface area contributed by atoms with E-state index in [-0.39, 0.29) is 17.7 Å². The van der Waals surface area contributed by atoms with Crippen molar-refractivity contribution in [2.24, 2.45) is 5.92 Å². The first-order chi connectivity index (χ1) is 13.5. The summed E-state index contributed by atoms with van der Waals surface area (Å²) < 4.78 is 2.16. The van der Waals surface area contributed by atoms with Gasteiger partial charge in [-0.25, -0.2) is 4.98 Å². The van der Waals surface area contributed by atoms with E-state index in [2.05, 4.69) is 27.4 Å². The summed E-state index contributed by atoms with van der Waals surface area (Å²) >= 11 is 0. The van der Waals surface area contributed by atoms with Gasteiger partial charge in [-0.15, -0.1) is 0 Å². The number of rotatable bonds is 3. The topological polar surface area (TPSA) is 61.2 Å². The molecule has 0 aliphatic carbocycles. The van der Waals surface area contributed by atoms with Gasteiger partial charge in [0.1, 0.15) is 5.65 Å². The Hall–Kier alpha value is -2.41. The number of likely N-dealkylation sites (tertiary alicyclic amines) is 1. The molecule has 150 valence electrons. The molecule has 4 rings (SSSR count). The molecule has 0 aromatic carbocycles. The van der Waals surface area contributed by atoms with Gasteiger partial charge in [-0.3, -0.25) is 14.5 Å². The molecule has 4 heterocycles. The Bertz CT molecular complexity index is 869. The molecule has 0 saturated carbocycles. The van der Waals surface area contributed by atoms with E-state index >= 15 is 0 Å². The third-order valence-corrected chi connectivity index (χ3v) is 6.10. The van der Waals surface area contributed by atoms with Gasteiger partial charge in [-0.05, 0) is 31.9 Å². The highest BCUT2D eigenvalue weighted by atomic mass is 16.2. The van der Waals surface area contributed by atoms with Crippen molar-refractivity contribution in [1.29, 1.82) is 0 Å². The summed E-state index contributed by atoms with van der Waals surface area (Å²) in [6, 6.07) is 6.07. The van der Waals surface area contributed by atoms with Gasteiger partial charge >= 0.3 is 0 Å². The molecule has 2 amide bonds. The Morgan fingerprint density at radius 2 is 1.89 bits per heavy atom. The molecule has 7 nitrogen and oxygen atoms in total. The Morgan fingerprint density at radius 3 is 2.64 bits per heavy atom. The number of carbonyl (C=O) groups is 2. The standard InChI is InChI=1S/C21H29N5O2/c1-16-19(26-9-4-3-7-20(26)22-16)15-23-10-12-24(13-11-23)21(28)18-6-5-8-25(14-18)17(2)27/h3-4,7,9,18H,5-6,8,10-15H2,1-2H3/t18-/m0/s1. The first-order valence-electron chi connectivity index (χ1n) is 10.2. The van der Waals surface area contributed by atoms with Gasteiger partial charge in [0.15, 0.2) is 0 Å². The number of hydrogen-bond acceptors (Lipinski definition) is 4. The van der Waals surface area contributed by atoms with Crippen LogP contribution in [0.3, 0.4) is 0 Å². The molecule has 2 aliphatic heterocycles. The third-order valence-electron chi connectivity index (χ3n) is 6.10. The van der Waals surface area contributed by atoms with Gasteiger partial charge in [0.2, 0.25) is 11.8 Å². The van der Waals surface area contributed by atoms with Crippen LogP contribution in [0.1, 0.15) is 31.2 Å². The Kier molecular flexibility index (Phi) is 5.35. The highest BCUT2D eigenvalue weighted by molar-refractivity contribution is 5.81. The number of nitrogens with zero attached hydrogens (tertiary/aromatic N) is 5. The number of imidazole rings is 1. The fourth-order valence-electron chi connectivity index (χ4n) is 4.42. The van der Waals surface area contributed by atoms with Crippen molar-refractivity contribution in [1.82, 2.24) is 24.1 Å². The smallest absolute Gasteiger partial charge is 0.227 e. The SMILES string of the molecule is CC(=O)N1CCC[C@H](C(=O)N2CCN(Cc3c(C)nc4ccccn34)CC2)C1. The molecule has 2 aromatic rings. The number of aryl methyl sites for hydroxylation is 1. The minimum Gasteiger partial charge on any atom is -0.342 e. The van der Waals surface area contributed by atoms with Crippen LogP contribution in [0.25, 0.3) is 5.65 Å². The van der Waals surface area contributed by atoms with E-state index in [4.69, 9.17) is 0 Å². The lowest BCUT2D eigenvalue weighted by Crippen LogP contribution is -2.52. The average molecular weight is 383 g/mol. The summed E-state index contributed by atoms with van der Waals surface area (Å²) in [6.07, 6.45) is 3.88. The molecule has 2 fully saturated rings. The molecule has 0 unspecified atom stereocenters. The van der Waals surface area contributed by atoms with Crippen molar-refractivity contribution >= 4 is 17.5 Å². The molecule has 0 N–H and O–H groups in total. The fraction of sp³-hybridized carbons (Fsp3) is 0.571. The van der Waals surface area contributed by atoms with Crippen LogP contribution >= 0.6 is 0 Å². The Morgan fingerprint density at radius 1 is 1.11 bits per heavy atom. The second kappa shape index (κ2) is 7.91. The summed E-state index contributed by atoms with van der Waals surface area (Å²) in [5.41, 5.74) is 3.27. The second-order valence-electron chi connectivity index (χ2n) is 7.98. The van der Waals surface area contributed by atoms with E-state index in [0.717, 1.165) is 63.5 Å². The van der Waals surface area contributed by atoms with E-state index in [9.17, 15) is 9.59 Å². The zero-order valence-electron chi connectivity index (χ0n) is 16.8. The van der Waals surface area contributed by atoms with Crippen LogP contribution in [-0.2, 0) is 16.1 Å². The molecule has 2 aromatic heterocycles. The van der Waals surface area contributed by atoms with E-state index in [1.807, 2.05) is 28.0 Å². The average Bonchev–Trinajstić information content (AvgIpc) is 3.03. The highest BCUT2D eigenvalue weighted by Crippen LogP contribution is 2.21. The van der Waals surface area contributed by atoms with Crippen LogP contribution in [0.15, 0.2) is 24.4 Å². The van der Waals surface area contributed by atoms with Crippen molar-refractivity contribution in [2.45, 2.75) is 33.2 Å². The third kappa shape index (κ3) is 3.76. The van der Waals surface area contributed by atoms with E-state index in [1.165, 1.54) is 5.69 Å². The lowest BCUT2D eigenvalue weighted by atomic mass is 9.96. The maximum absolute atomic E-state index is 12.9. The number of carbonyl (C=O) groups excluding carboxylic acids is 2. The summed E-state index contributed by atoms with van der Waals surface area (Å²) in [5, 5.41) is 0. The van der Waals surface area contributed by atoms with Gasteiger partial charge in [0, 0.05) is 58.9 Å². The van der Waals surface area contributed by atoms with Crippen molar-refractivity contribution in [3.05, 3.63) is 35.8 Å². The van der Waals surface area contributed by atoms with E-state index < -0.39 is 0 Å². The van der Waals surface area contributed by atoms with E-state index in [0.29, 0.717) is 6.54 Å². The van der Waals surface area contributed by atoms with Gasteiger partial charge in [0.05, 0.1) is 17.3 Å². The van der Waals surface area contributed by atoms with Gasteiger partial charge in [0.25, 0.3) is 0 Å². The fourth-order valence-corrected chi connectivity index (χ4v) is 4.42. The summed E-state index contributed by atoms with van der Waals surface area (Å²) in [6.45, 7) is 9.11. The maximum Gasteiger partial charge on any atom is 0.227 e. The first kappa shape index (κ1) is 18.9. The van der Waals surface area contributed by atoms with Crippen LogP contribution in [-0.4, -0.2) is 75.2 Å². The summed E-state index contributed by atoms with van der Waals surface area (Å²) in [4.78, 5) is 35.4. The van der Waals surface area contributed by atoms with Crippen LogP contribution in [0.2, 0.25) is 0 Å². The van der Waals surface area contributed by atoms with Crippen LogP contribution < -0.4 is 0 Å². The maximum atomic E-state index is 12.9. The predicted molar refractivity (Wildman–Crippen MR) is 107 cm³/mol. The number of amides is 2. The Labute approximate surface area is 165 Å². The zero-order chi connectivity index (χ0) is 19.7. The molecule has 0 radical (unpaired) electrons. The predicted octanol–water partition coefficient (Wildman–Crippen LogP) is 1.55. The monoisotopic (exact) mass is 383 g/mol. The van der Waals surface area contributed by atoms with Crippen LogP contribution in [0.4, 0.5) is 0 Å². The summed E-state index contributed by atoms with van der Waals surface area (Å²) in [7, 11) is 0. The summed E-state index contributed by atoms with van der Waals surface area (Å²) in [5.74, 6) is 0.257. The molecule has 7 heteroatoms. The van der Waals surface area contributed by atoms with Crippen molar-refractivity contribution in [2.75, 3.05) is 39.3 Å². The van der Waals surface area contributed by atoms with Gasteiger partial charge in [-0.1, -0.05) is 6.07 Å². The van der Waals surface area contributed by atoms with Gasteiger partial charge < -0.3 is 14.2 Å². The van der Waals surface area contributed by atoms with Crippen molar-refractivity contribution in [3.63, 3.8) is 0 Å². The molecule has 0 spiro atoms. The number of pyridine rings is 1. The number of piperidine rings is 1. The van der Waals surface area contributed by atoms with Crippen LogP contribution in [0.5, 0.6) is 0 Å². The number of piperazine rings is 1.